The Hall–Kier alpha value is -1.42. The van der Waals surface area contributed by atoms with Crippen LogP contribution in [0.2, 0.25) is 0 Å². The van der Waals surface area contributed by atoms with Crippen LogP contribution in [0.15, 0.2) is 18.3 Å². The van der Waals surface area contributed by atoms with Crippen molar-refractivity contribution in [3.8, 4) is 0 Å². The van der Waals surface area contributed by atoms with Crippen molar-refractivity contribution >= 4 is 11.5 Å². The number of aromatic nitrogens is 1. The molecule has 0 radical (unpaired) electrons. The lowest BCUT2D eigenvalue weighted by molar-refractivity contribution is 0.101. The third kappa shape index (κ3) is 2.64. The molecule has 1 aliphatic heterocycles. The molecule has 0 spiro atoms. The van der Waals surface area contributed by atoms with Crippen LogP contribution < -0.4 is 4.90 Å². The Morgan fingerprint density at radius 2 is 2.35 bits per heavy atom. The highest BCUT2D eigenvalue weighted by Gasteiger charge is 2.26. The summed E-state index contributed by atoms with van der Waals surface area (Å²) >= 11 is 0. The Bertz CT molecular complexity index is 400. The molecule has 2 atom stereocenters. The molecule has 0 amide bonds. The number of pyridine rings is 1. The van der Waals surface area contributed by atoms with Gasteiger partial charge in [-0.1, -0.05) is 0 Å². The molecule has 17 heavy (non-hydrogen) atoms. The number of Topliss-reactive ketones (excluding diaryl/α,β-unsaturated/α-hetero) is 1. The van der Waals surface area contributed by atoms with Crippen molar-refractivity contribution < 1.29 is 9.90 Å². The van der Waals surface area contributed by atoms with E-state index in [1.807, 2.05) is 13.0 Å². The topological polar surface area (TPSA) is 53.4 Å². The van der Waals surface area contributed by atoms with Crippen LogP contribution in [0.25, 0.3) is 0 Å². The lowest BCUT2D eigenvalue weighted by Crippen LogP contribution is -2.24. The number of nitrogens with zero attached hydrogens (tertiary/aromatic N) is 2. The van der Waals surface area contributed by atoms with Gasteiger partial charge in [-0.2, -0.15) is 0 Å². The van der Waals surface area contributed by atoms with Crippen LogP contribution in [0.4, 0.5) is 5.69 Å². The predicted molar refractivity (Wildman–Crippen MR) is 66.2 cm³/mol. The molecule has 2 heterocycles. The third-order valence-corrected chi connectivity index (χ3v) is 3.38. The fourth-order valence-corrected chi connectivity index (χ4v) is 2.20. The number of hydrogen-bond acceptors (Lipinski definition) is 4. The van der Waals surface area contributed by atoms with Gasteiger partial charge in [-0.15, -0.1) is 0 Å². The number of carbonyl (C=O) groups is 1. The SMILES string of the molecule is CC(=O)c1ccc(N2CCC(C(C)O)C2)cn1. The fraction of sp³-hybridized carbons (Fsp3) is 0.538. The molecule has 1 aromatic heterocycles. The molecular formula is C13H18N2O2. The molecule has 0 aliphatic carbocycles. The molecular weight excluding hydrogens is 216 g/mol. The van der Waals surface area contributed by atoms with Crippen LogP contribution in [0.5, 0.6) is 0 Å². The monoisotopic (exact) mass is 234 g/mol. The molecule has 0 bridgehead atoms. The number of carbonyl (C=O) groups excluding carboxylic acids is 1. The molecule has 0 aromatic carbocycles. The maximum absolute atomic E-state index is 11.1. The highest BCUT2D eigenvalue weighted by Crippen LogP contribution is 2.25. The second-order valence-electron chi connectivity index (χ2n) is 4.69. The zero-order chi connectivity index (χ0) is 12.4. The first-order valence-electron chi connectivity index (χ1n) is 5.98. The molecule has 2 rings (SSSR count). The highest BCUT2D eigenvalue weighted by molar-refractivity contribution is 5.92. The first kappa shape index (κ1) is 12.0. The Kier molecular flexibility index (Phi) is 3.43. The lowest BCUT2D eigenvalue weighted by Gasteiger charge is -2.19. The standard InChI is InChI=1S/C13H18N2O2/c1-9(16)11-5-6-15(8-11)12-3-4-13(10(2)17)14-7-12/h3-4,7,9,11,16H,5-6,8H2,1-2H3. The van der Waals surface area contributed by atoms with Crippen molar-refractivity contribution in [2.45, 2.75) is 26.4 Å². The van der Waals surface area contributed by atoms with Gasteiger partial charge in [0.2, 0.25) is 0 Å². The molecule has 1 fully saturated rings. The Balaban J connectivity index is 2.06. The van der Waals surface area contributed by atoms with Crippen LogP contribution in [-0.2, 0) is 0 Å². The Morgan fingerprint density at radius 1 is 1.59 bits per heavy atom. The maximum atomic E-state index is 11.1. The van der Waals surface area contributed by atoms with E-state index in [1.165, 1.54) is 6.92 Å². The summed E-state index contributed by atoms with van der Waals surface area (Å²) in [5.74, 6) is 0.322. The lowest BCUT2D eigenvalue weighted by atomic mass is 10.0. The summed E-state index contributed by atoms with van der Waals surface area (Å²) in [5.41, 5.74) is 1.53. The molecule has 1 aromatic rings. The molecule has 92 valence electrons. The number of ketones is 1. The molecule has 4 heteroatoms. The summed E-state index contributed by atoms with van der Waals surface area (Å²) in [7, 11) is 0. The van der Waals surface area contributed by atoms with Crippen molar-refractivity contribution in [1.82, 2.24) is 4.98 Å². The second kappa shape index (κ2) is 4.84. The van der Waals surface area contributed by atoms with E-state index in [2.05, 4.69) is 9.88 Å². The van der Waals surface area contributed by atoms with Gasteiger partial charge < -0.3 is 10.0 Å². The maximum Gasteiger partial charge on any atom is 0.178 e. The van der Waals surface area contributed by atoms with Gasteiger partial charge in [0.05, 0.1) is 18.0 Å². The minimum Gasteiger partial charge on any atom is -0.393 e. The second-order valence-corrected chi connectivity index (χ2v) is 4.69. The van der Waals surface area contributed by atoms with Gasteiger partial charge in [-0.25, -0.2) is 0 Å². The van der Waals surface area contributed by atoms with E-state index in [-0.39, 0.29) is 11.9 Å². The van der Waals surface area contributed by atoms with Crippen LogP contribution in [0.3, 0.4) is 0 Å². The van der Waals surface area contributed by atoms with Gasteiger partial charge in [0.1, 0.15) is 5.69 Å². The molecule has 4 nitrogen and oxygen atoms in total. The largest absolute Gasteiger partial charge is 0.393 e. The van der Waals surface area contributed by atoms with E-state index >= 15 is 0 Å². The van der Waals surface area contributed by atoms with Gasteiger partial charge in [-0.3, -0.25) is 9.78 Å². The van der Waals surface area contributed by atoms with E-state index in [4.69, 9.17) is 0 Å². The van der Waals surface area contributed by atoms with Crippen LogP contribution in [0.1, 0.15) is 30.8 Å². The molecule has 0 saturated carbocycles. The summed E-state index contributed by atoms with van der Waals surface area (Å²) in [6.45, 7) is 5.15. The number of aliphatic hydroxyl groups is 1. The quantitative estimate of drug-likeness (QED) is 0.805. The average molecular weight is 234 g/mol. The number of anilines is 1. The first-order valence-corrected chi connectivity index (χ1v) is 5.98. The summed E-state index contributed by atoms with van der Waals surface area (Å²) in [6.07, 6.45) is 2.48. The van der Waals surface area contributed by atoms with Gasteiger partial charge in [0, 0.05) is 25.9 Å². The van der Waals surface area contributed by atoms with Crippen molar-refractivity contribution in [2.24, 2.45) is 5.92 Å². The summed E-state index contributed by atoms with van der Waals surface area (Å²) in [6, 6.07) is 3.68. The minimum absolute atomic E-state index is 0.0140. The zero-order valence-electron chi connectivity index (χ0n) is 10.3. The van der Waals surface area contributed by atoms with E-state index in [9.17, 15) is 9.90 Å². The Morgan fingerprint density at radius 3 is 2.82 bits per heavy atom. The summed E-state index contributed by atoms with van der Waals surface area (Å²) in [4.78, 5) is 17.5. The van der Waals surface area contributed by atoms with Crippen molar-refractivity contribution in [3.63, 3.8) is 0 Å². The van der Waals surface area contributed by atoms with E-state index in [0.717, 1.165) is 25.2 Å². The van der Waals surface area contributed by atoms with Gasteiger partial charge in [-0.05, 0) is 25.5 Å². The van der Waals surface area contributed by atoms with Gasteiger partial charge in [0.25, 0.3) is 0 Å². The zero-order valence-corrected chi connectivity index (χ0v) is 10.3. The average Bonchev–Trinajstić information content (AvgIpc) is 2.78. The van der Waals surface area contributed by atoms with Crippen LogP contribution in [0, 0.1) is 5.92 Å². The molecule has 2 unspecified atom stereocenters. The highest BCUT2D eigenvalue weighted by atomic mass is 16.3. The van der Waals surface area contributed by atoms with Gasteiger partial charge in [0.15, 0.2) is 5.78 Å². The van der Waals surface area contributed by atoms with Crippen LogP contribution >= 0.6 is 0 Å². The molecule has 1 saturated heterocycles. The van der Waals surface area contributed by atoms with E-state index < -0.39 is 0 Å². The third-order valence-electron chi connectivity index (χ3n) is 3.38. The van der Waals surface area contributed by atoms with E-state index in [0.29, 0.717) is 11.6 Å². The minimum atomic E-state index is -0.260. The normalized spacial score (nSPS) is 21.6. The first-order chi connectivity index (χ1) is 8.08. The number of hydrogen-bond donors (Lipinski definition) is 1. The van der Waals surface area contributed by atoms with E-state index in [1.54, 1.807) is 12.3 Å². The van der Waals surface area contributed by atoms with Crippen molar-refractivity contribution in [1.29, 1.82) is 0 Å². The van der Waals surface area contributed by atoms with Crippen molar-refractivity contribution in [2.75, 3.05) is 18.0 Å². The van der Waals surface area contributed by atoms with Crippen molar-refractivity contribution in [3.05, 3.63) is 24.0 Å². The Labute approximate surface area is 101 Å². The summed E-state index contributed by atoms with van der Waals surface area (Å²) in [5, 5.41) is 9.55. The summed E-state index contributed by atoms with van der Waals surface area (Å²) < 4.78 is 0. The predicted octanol–water partition coefficient (Wildman–Crippen LogP) is 1.49. The fourth-order valence-electron chi connectivity index (χ4n) is 2.20. The molecule has 1 aliphatic rings. The molecule has 1 N–H and O–H groups in total. The smallest absolute Gasteiger partial charge is 0.178 e. The van der Waals surface area contributed by atoms with Crippen LogP contribution in [-0.4, -0.2) is 35.1 Å². The number of rotatable bonds is 3. The number of aliphatic hydroxyl groups excluding tert-OH is 1. The van der Waals surface area contributed by atoms with Gasteiger partial charge >= 0.3 is 0 Å².